The SMILES string of the molecule is CCOC(=O)CN1C(=O)C(C)(C)Oc2ccc(C(=O)CCl)cc21. The third-order valence-electron chi connectivity index (χ3n) is 3.41. The molecule has 124 valence electrons. The van der Waals surface area contributed by atoms with Crippen molar-refractivity contribution in [2.24, 2.45) is 0 Å². The number of Topliss-reactive ketones (excluding diaryl/α,β-unsaturated/α-hetero) is 1. The van der Waals surface area contributed by atoms with E-state index in [9.17, 15) is 14.4 Å². The van der Waals surface area contributed by atoms with Crippen LogP contribution in [-0.4, -0.2) is 42.3 Å². The molecule has 23 heavy (non-hydrogen) atoms. The Labute approximate surface area is 139 Å². The molecular formula is C16H18ClNO5. The zero-order valence-corrected chi connectivity index (χ0v) is 14.0. The Morgan fingerprint density at radius 3 is 2.65 bits per heavy atom. The summed E-state index contributed by atoms with van der Waals surface area (Å²) in [6, 6.07) is 4.69. The molecule has 0 saturated heterocycles. The Kier molecular flexibility index (Phi) is 4.94. The van der Waals surface area contributed by atoms with Crippen LogP contribution in [0.1, 0.15) is 31.1 Å². The zero-order chi connectivity index (χ0) is 17.2. The summed E-state index contributed by atoms with van der Waals surface area (Å²) in [5, 5.41) is 0. The van der Waals surface area contributed by atoms with E-state index in [4.69, 9.17) is 21.1 Å². The molecule has 1 heterocycles. The molecule has 0 aliphatic carbocycles. The van der Waals surface area contributed by atoms with Crippen molar-refractivity contribution >= 4 is 34.9 Å². The van der Waals surface area contributed by atoms with Crippen LogP contribution in [0.15, 0.2) is 18.2 Å². The number of rotatable bonds is 5. The highest BCUT2D eigenvalue weighted by Gasteiger charge is 2.42. The molecule has 0 atom stereocenters. The van der Waals surface area contributed by atoms with Crippen LogP contribution in [0.2, 0.25) is 0 Å². The minimum Gasteiger partial charge on any atom is -0.476 e. The maximum Gasteiger partial charge on any atom is 0.326 e. The van der Waals surface area contributed by atoms with Gasteiger partial charge in [-0.1, -0.05) is 0 Å². The van der Waals surface area contributed by atoms with Crippen LogP contribution in [0.4, 0.5) is 5.69 Å². The van der Waals surface area contributed by atoms with Crippen LogP contribution < -0.4 is 9.64 Å². The van der Waals surface area contributed by atoms with Crippen LogP contribution in [-0.2, 0) is 14.3 Å². The number of anilines is 1. The number of carbonyl (C=O) groups excluding carboxylic acids is 3. The summed E-state index contributed by atoms with van der Waals surface area (Å²) in [7, 11) is 0. The molecule has 0 radical (unpaired) electrons. The maximum atomic E-state index is 12.6. The van der Waals surface area contributed by atoms with Gasteiger partial charge < -0.3 is 9.47 Å². The maximum absolute atomic E-state index is 12.6. The van der Waals surface area contributed by atoms with Crippen molar-refractivity contribution in [1.82, 2.24) is 0 Å². The molecule has 0 fully saturated rings. The molecule has 0 saturated carbocycles. The largest absolute Gasteiger partial charge is 0.476 e. The normalized spacial score (nSPS) is 15.7. The fourth-order valence-corrected chi connectivity index (χ4v) is 2.47. The lowest BCUT2D eigenvalue weighted by atomic mass is 10.0. The predicted octanol–water partition coefficient (Wildman–Crippen LogP) is 2.18. The summed E-state index contributed by atoms with van der Waals surface area (Å²) < 4.78 is 10.6. The Morgan fingerprint density at radius 1 is 1.35 bits per heavy atom. The van der Waals surface area contributed by atoms with Gasteiger partial charge in [-0.2, -0.15) is 0 Å². The number of ketones is 1. The first kappa shape index (κ1) is 17.3. The van der Waals surface area contributed by atoms with Gasteiger partial charge in [0.25, 0.3) is 5.91 Å². The number of fused-ring (bicyclic) bond motifs is 1. The number of nitrogens with zero attached hydrogens (tertiary/aromatic N) is 1. The number of amides is 1. The van der Waals surface area contributed by atoms with E-state index < -0.39 is 11.6 Å². The standard InChI is InChI=1S/C16H18ClNO5/c1-4-22-14(20)9-18-11-7-10(12(19)8-17)5-6-13(11)23-16(2,3)15(18)21/h5-7H,4,8-9H2,1-3H3. The number of hydrogen-bond acceptors (Lipinski definition) is 5. The second-order valence-electron chi connectivity index (χ2n) is 5.55. The van der Waals surface area contributed by atoms with Crippen molar-refractivity contribution in [3.05, 3.63) is 23.8 Å². The first-order chi connectivity index (χ1) is 10.8. The smallest absolute Gasteiger partial charge is 0.326 e. The average molecular weight is 340 g/mol. The van der Waals surface area contributed by atoms with Gasteiger partial charge in [-0.3, -0.25) is 19.3 Å². The topological polar surface area (TPSA) is 72.9 Å². The van der Waals surface area contributed by atoms with Gasteiger partial charge in [0, 0.05) is 5.56 Å². The molecule has 1 aromatic rings. The molecule has 1 aliphatic heterocycles. The van der Waals surface area contributed by atoms with Gasteiger partial charge in [0.2, 0.25) is 0 Å². The predicted molar refractivity (Wildman–Crippen MR) is 85.2 cm³/mol. The Morgan fingerprint density at radius 2 is 2.04 bits per heavy atom. The molecule has 1 amide bonds. The molecule has 2 rings (SSSR count). The van der Waals surface area contributed by atoms with Gasteiger partial charge in [0.15, 0.2) is 11.4 Å². The molecule has 1 aliphatic rings. The Bertz CT molecular complexity index is 656. The highest BCUT2D eigenvalue weighted by molar-refractivity contribution is 6.30. The van der Waals surface area contributed by atoms with Gasteiger partial charge in [-0.05, 0) is 39.0 Å². The Hall–Kier alpha value is -2.08. The second kappa shape index (κ2) is 6.58. The fourth-order valence-electron chi connectivity index (χ4n) is 2.31. The van der Waals surface area contributed by atoms with Crippen molar-refractivity contribution in [2.75, 3.05) is 23.9 Å². The van der Waals surface area contributed by atoms with E-state index >= 15 is 0 Å². The van der Waals surface area contributed by atoms with Crippen LogP contribution in [0.3, 0.4) is 0 Å². The minimum atomic E-state index is -1.11. The first-order valence-electron chi connectivity index (χ1n) is 7.20. The van der Waals surface area contributed by atoms with Crippen molar-refractivity contribution in [1.29, 1.82) is 0 Å². The molecular weight excluding hydrogens is 322 g/mol. The summed E-state index contributed by atoms with van der Waals surface area (Å²) >= 11 is 5.57. The van der Waals surface area contributed by atoms with Crippen molar-refractivity contribution in [3.8, 4) is 5.75 Å². The number of esters is 1. The number of hydrogen-bond donors (Lipinski definition) is 0. The summed E-state index contributed by atoms with van der Waals surface area (Å²) in [5.74, 6) is -0.934. The number of ether oxygens (including phenoxy) is 2. The summed E-state index contributed by atoms with van der Waals surface area (Å²) in [6.07, 6.45) is 0. The molecule has 0 unspecified atom stereocenters. The minimum absolute atomic E-state index is 0.170. The van der Waals surface area contributed by atoms with E-state index in [0.29, 0.717) is 17.0 Å². The van der Waals surface area contributed by atoms with E-state index in [1.54, 1.807) is 32.9 Å². The van der Waals surface area contributed by atoms with Crippen molar-refractivity contribution in [2.45, 2.75) is 26.4 Å². The average Bonchev–Trinajstić information content (AvgIpc) is 2.50. The monoisotopic (exact) mass is 339 g/mol. The fraction of sp³-hybridized carbons (Fsp3) is 0.438. The number of benzene rings is 1. The summed E-state index contributed by atoms with van der Waals surface area (Å²) in [5.41, 5.74) is -0.403. The summed E-state index contributed by atoms with van der Waals surface area (Å²) in [4.78, 5) is 37.4. The molecule has 0 aromatic heterocycles. The van der Waals surface area contributed by atoms with E-state index in [-0.39, 0.29) is 30.7 Å². The van der Waals surface area contributed by atoms with Gasteiger partial charge in [0.05, 0.1) is 18.2 Å². The quantitative estimate of drug-likeness (QED) is 0.467. The number of carbonyl (C=O) groups is 3. The van der Waals surface area contributed by atoms with Crippen LogP contribution in [0.25, 0.3) is 0 Å². The van der Waals surface area contributed by atoms with Gasteiger partial charge in [-0.15, -0.1) is 11.6 Å². The first-order valence-corrected chi connectivity index (χ1v) is 7.73. The van der Waals surface area contributed by atoms with E-state index in [0.717, 1.165) is 0 Å². The highest BCUT2D eigenvalue weighted by atomic mass is 35.5. The molecule has 1 aromatic carbocycles. The lowest BCUT2D eigenvalue weighted by Crippen LogP contribution is -2.54. The van der Waals surface area contributed by atoms with Crippen LogP contribution in [0, 0.1) is 0 Å². The second-order valence-corrected chi connectivity index (χ2v) is 5.82. The van der Waals surface area contributed by atoms with E-state index in [1.807, 2.05) is 0 Å². The van der Waals surface area contributed by atoms with Crippen molar-refractivity contribution < 1.29 is 23.9 Å². The highest BCUT2D eigenvalue weighted by Crippen LogP contribution is 2.38. The van der Waals surface area contributed by atoms with Crippen LogP contribution >= 0.6 is 11.6 Å². The number of halogens is 1. The molecule has 0 bridgehead atoms. The van der Waals surface area contributed by atoms with Gasteiger partial charge in [-0.25, -0.2) is 0 Å². The Balaban J connectivity index is 2.45. The van der Waals surface area contributed by atoms with Gasteiger partial charge in [0.1, 0.15) is 12.3 Å². The lowest BCUT2D eigenvalue weighted by molar-refractivity contribution is -0.144. The van der Waals surface area contributed by atoms with E-state index in [2.05, 4.69) is 0 Å². The third kappa shape index (κ3) is 3.47. The third-order valence-corrected chi connectivity index (χ3v) is 3.65. The van der Waals surface area contributed by atoms with Gasteiger partial charge >= 0.3 is 5.97 Å². The lowest BCUT2D eigenvalue weighted by Gasteiger charge is -2.38. The molecule has 0 spiro atoms. The number of alkyl halides is 1. The van der Waals surface area contributed by atoms with E-state index in [1.165, 1.54) is 11.0 Å². The molecule has 0 N–H and O–H groups in total. The zero-order valence-electron chi connectivity index (χ0n) is 13.2. The van der Waals surface area contributed by atoms with Crippen molar-refractivity contribution in [3.63, 3.8) is 0 Å². The molecule has 6 nitrogen and oxygen atoms in total. The summed E-state index contributed by atoms with van der Waals surface area (Å²) in [6.45, 7) is 4.90. The molecule has 7 heteroatoms. The van der Waals surface area contributed by atoms with Crippen LogP contribution in [0.5, 0.6) is 5.75 Å².